The molecule has 0 aromatic heterocycles. The summed E-state index contributed by atoms with van der Waals surface area (Å²) in [7, 11) is 0. The van der Waals surface area contributed by atoms with Gasteiger partial charge in [0.05, 0.1) is 52.8 Å². The zero-order chi connectivity index (χ0) is 66.9. The minimum absolute atomic E-state index is 0.0671. The number of hydrogen-bond acceptors (Lipinski definition) is 10. The number of carbonyl (C=O) groups excluding carboxylic acids is 5. The van der Waals surface area contributed by atoms with Gasteiger partial charge in [-0.15, -0.1) is 0 Å². The van der Waals surface area contributed by atoms with E-state index < -0.39 is 108 Å². The molecule has 2 unspecified atom stereocenters. The molecule has 4 amide bonds. The third-order valence-corrected chi connectivity index (χ3v) is 18.2. The average Bonchev–Trinajstić information content (AvgIpc) is 1.02. The summed E-state index contributed by atoms with van der Waals surface area (Å²) < 4.78 is 118. The van der Waals surface area contributed by atoms with Crippen molar-refractivity contribution in [2.45, 2.75) is 161 Å². The van der Waals surface area contributed by atoms with Crippen LogP contribution in [-0.2, 0) is 44.7 Å². The molecule has 0 radical (unpaired) electrons. The normalized spacial score (nSPS) is 19.1. The molecule has 5 atom stereocenters. The SMILES string of the molecule is Cc1cccc(F)c1C(=O)N1CCCC(C(=O)Nc2ccc(CO)c(C(F)(F)F)c2)C1c1ccc(NC2CCCC2)cc1.Cc1cccc(F)c1C(=O)N1CCC[C@H](C(=O)Nc2ccc(COC(=O)[C@H](N)C(C)C)c(C(F)(F)F)c2)[C@@H]1c1ccc(NC2CCCC2)cc1. The predicted octanol–water partition coefficient (Wildman–Crippen LogP) is 15.0. The number of hydrogen-bond donors (Lipinski definition) is 6. The second-order valence-electron chi connectivity index (χ2n) is 25.0. The van der Waals surface area contributed by atoms with Crippen molar-refractivity contribution in [3.63, 3.8) is 0 Å². The average molecular weight is 1290 g/mol. The first-order valence-corrected chi connectivity index (χ1v) is 31.7. The first-order valence-electron chi connectivity index (χ1n) is 31.7. The fourth-order valence-corrected chi connectivity index (χ4v) is 13.2. The van der Waals surface area contributed by atoms with Crippen LogP contribution in [0.3, 0.4) is 0 Å². The van der Waals surface area contributed by atoms with Gasteiger partial charge >= 0.3 is 18.3 Å². The van der Waals surface area contributed by atoms with Gasteiger partial charge < -0.3 is 46.6 Å². The number of esters is 1. The van der Waals surface area contributed by atoms with Crippen molar-refractivity contribution in [2.75, 3.05) is 34.4 Å². The molecule has 0 spiro atoms. The van der Waals surface area contributed by atoms with Crippen molar-refractivity contribution in [2.24, 2.45) is 23.5 Å². The highest BCUT2D eigenvalue weighted by atomic mass is 19.4. The highest BCUT2D eigenvalue weighted by Gasteiger charge is 2.44. The van der Waals surface area contributed by atoms with Crippen LogP contribution >= 0.6 is 0 Å². The molecule has 7 N–H and O–H groups in total. The van der Waals surface area contributed by atoms with E-state index in [2.05, 4.69) is 21.3 Å². The number of rotatable bonds is 17. The summed E-state index contributed by atoms with van der Waals surface area (Å²) in [5, 5.41) is 21.7. The number of aryl methyl sites for hydroxylation is 2. The number of nitrogens with one attached hydrogen (secondary N) is 4. The van der Waals surface area contributed by atoms with Crippen LogP contribution < -0.4 is 27.0 Å². The Morgan fingerprint density at radius 3 is 1.31 bits per heavy atom. The number of alkyl halides is 6. The number of aliphatic hydroxyl groups excluding tert-OH is 1. The lowest BCUT2D eigenvalue weighted by atomic mass is 9.83. The number of likely N-dealkylation sites (tertiary alicyclic amines) is 2. The van der Waals surface area contributed by atoms with Crippen LogP contribution in [0.4, 0.5) is 57.9 Å². The molecular formula is C71H79F8N7O7. The molecule has 6 aromatic rings. The van der Waals surface area contributed by atoms with Gasteiger partial charge in [-0.25, -0.2) is 8.78 Å². The van der Waals surface area contributed by atoms with Crippen LogP contribution in [0.1, 0.15) is 168 Å². The van der Waals surface area contributed by atoms with Crippen LogP contribution in [0, 0.1) is 43.2 Å². The number of benzene rings is 6. The smallest absolute Gasteiger partial charge is 0.416 e. The van der Waals surface area contributed by atoms with E-state index >= 15 is 4.39 Å². The second kappa shape index (κ2) is 30.1. The van der Waals surface area contributed by atoms with Gasteiger partial charge in [-0.2, -0.15) is 26.3 Å². The highest BCUT2D eigenvalue weighted by Crippen LogP contribution is 2.43. The van der Waals surface area contributed by atoms with E-state index in [1.165, 1.54) is 59.0 Å². The molecule has 6 aromatic carbocycles. The molecule has 2 aliphatic heterocycles. The lowest BCUT2D eigenvalue weighted by Gasteiger charge is -2.41. The number of aliphatic hydroxyl groups is 1. The first kappa shape index (κ1) is 69.0. The maximum atomic E-state index is 15.1. The van der Waals surface area contributed by atoms with Crippen molar-refractivity contribution in [1.29, 1.82) is 0 Å². The number of carbonyl (C=O) groups is 5. The standard InChI is InChI=1S/C38H44F4N4O4.C33H35F4N3O3/c1-22(2)33(43)37(49)50-21-25-15-18-28(20-30(25)38(40,41)42)45-35(47)29-11-7-19-46(36(48)32-23(3)8-6-12-31(32)39)34(29)24-13-16-27(17-14-24)44-26-9-4-5-10-26;1-20-6-4-10-28(34)29(20)32(43)40-17-5-9-26(30(40)21-11-14-24(15-12-21)38-23-7-2-3-8-23)31(42)39-25-16-13-22(19-41)27(18-25)33(35,36)37/h6,8,12-18,20,22,26,29,33-34,44H,4-5,7,9-11,19,21,43H2,1-3H3,(H,45,47);4,6,10-16,18,23,26,30,38,41H,2-3,5,7-9,17,19H2,1H3,(H,39,42)/t29-,33+,34-;/m0./s1. The van der Waals surface area contributed by atoms with Crippen molar-refractivity contribution >= 4 is 52.3 Å². The summed E-state index contributed by atoms with van der Waals surface area (Å²) in [6.07, 6.45) is 1.06. The number of nitrogens with two attached hydrogens (primary N) is 1. The highest BCUT2D eigenvalue weighted by molar-refractivity contribution is 5.99. The fraction of sp³-hybridized carbons (Fsp3) is 0.423. The molecule has 496 valence electrons. The fourth-order valence-electron chi connectivity index (χ4n) is 13.2. The topological polar surface area (TPSA) is 195 Å². The Balaban J connectivity index is 0.000000222. The summed E-state index contributed by atoms with van der Waals surface area (Å²) in [6, 6.07) is 28.4. The molecule has 10 rings (SSSR count). The molecular weight excluding hydrogens is 1210 g/mol. The number of piperidine rings is 2. The maximum Gasteiger partial charge on any atom is 0.416 e. The van der Waals surface area contributed by atoms with Crippen LogP contribution in [0.5, 0.6) is 0 Å². The van der Waals surface area contributed by atoms with Crippen LogP contribution in [-0.4, -0.2) is 75.7 Å². The van der Waals surface area contributed by atoms with Crippen LogP contribution in [0.25, 0.3) is 0 Å². The minimum atomic E-state index is -4.81. The Morgan fingerprint density at radius 2 is 0.935 bits per heavy atom. The molecule has 4 fully saturated rings. The van der Waals surface area contributed by atoms with E-state index in [1.54, 1.807) is 39.8 Å². The lowest BCUT2D eigenvalue weighted by Crippen LogP contribution is -2.46. The summed E-state index contributed by atoms with van der Waals surface area (Å²) in [4.78, 5) is 70.8. The number of halogens is 8. The maximum absolute atomic E-state index is 15.1. The second-order valence-corrected chi connectivity index (χ2v) is 25.0. The predicted molar refractivity (Wildman–Crippen MR) is 339 cm³/mol. The van der Waals surface area contributed by atoms with Crippen LogP contribution in [0.15, 0.2) is 121 Å². The molecule has 14 nitrogen and oxygen atoms in total. The van der Waals surface area contributed by atoms with E-state index in [1.807, 2.05) is 48.5 Å². The van der Waals surface area contributed by atoms with Crippen molar-refractivity contribution < 1.29 is 68.9 Å². The number of ether oxygens (including phenoxy) is 1. The van der Waals surface area contributed by atoms with Gasteiger partial charge in [0.2, 0.25) is 11.8 Å². The van der Waals surface area contributed by atoms with Crippen molar-refractivity contribution in [3.8, 4) is 0 Å². The number of anilines is 4. The lowest BCUT2D eigenvalue weighted by molar-refractivity contribution is -0.149. The summed E-state index contributed by atoms with van der Waals surface area (Å²) >= 11 is 0. The van der Waals surface area contributed by atoms with Gasteiger partial charge in [0.15, 0.2) is 0 Å². The van der Waals surface area contributed by atoms with Crippen molar-refractivity contribution in [1.82, 2.24) is 9.80 Å². The van der Waals surface area contributed by atoms with Gasteiger partial charge in [0.25, 0.3) is 11.8 Å². The van der Waals surface area contributed by atoms with E-state index in [0.717, 1.165) is 74.2 Å². The molecule has 2 saturated carbocycles. The Morgan fingerprint density at radius 1 is 0.548 bits per heavy atom. The quantitative estimate of drug-likeness (QED) is 0.0378. The van der Waals surface area contributed by atoms with E-state index in [-0.39, 0.29) is 52.6 Å². The third kappa shape index (κ3) is 16.7. The Kier molecular flexibility index (Phi) is 22.4. The molecule has 2 heterocycles. The number of amides is 4. The zero-order valence-corrected chi connectivity index (χ0v) is 52.4. The Hall–Kier alpha value is -8.37. The monoisotopic (exact) mass is 1290 g/mol. The molecule has 2 saturated heterocycles. The largest absolute Gasteiger partial charge is 0.460 e. The van der Waals surface area contributed by atoms with Gasteiger partial charge in [-0.1, -0.05) is 100 Å². The van der Waals surface area contributed by atoms with E-state index in [4.69, 9.17) is 10.5 Å². The molecule has 93 heavy (non-hydrogen) atoms. The van der Waals surface area contributed by atoms with E-state index in [9.17, 15) is 59.8 Å². The number of nitrogens with zero attached hydrogens (tertiary/aromatic N) is 2. The Bertz CT molecular complexity index is 3590. The van der Waals surface area contributed by atoms with E-state index in [0.29, 0.717) is 60.0 Å². The summed E-state index contributed by atoms with van der Waals surface area (Å²) in [6.45, 7) is 5.78. The molecule has 22 heteroatoms. The molecule has 2 aliphatic carbocycles. The summed E-state index contributed by atoms with van der Waals surface area (Å²) in [5.74, 6) is -6.33. The summed E-state index contributed by atoms with van der Waals surface area (Å²) in [5.41, 5.74) is 6.80. The molecule has 4 aliphatic rings. The minimum Gasteiger partial charge on any atom is -0.460 e. The Labute approximate surface area is 536 Å². The zero-order valence-electron chi connectivity index (χ0n) is 52.4. The first-order chi connectivity index (χ1) is 44.3. The third-order valence-electron chi connectivity index (χ3n) is 18.2. The van der Waals surface area contributed by atoms with Gasteiger partial charge in [-0.3, -0.25) is 24.0 Å². The van der Waals surface area contributed by atoms with Gasteiger partial charge in [-0.05, 0) is 160 Å². The molecule has 0 bridgehead atoms. The van der Waals surface area contributed by atoms with Crippen molar-refractivity contribution in [3.05, 3.63) is 189 Å². The van der Waals surface area contributed by atoms with Gasteiger partial charge in [0.1, 0.15) is 24.3 Å². The van der Waals surface area contributed by atoms with Crippen LogP contribution in [0.2, 0.25) is 0 Å². The van der Waals surface area contributed by atoms with Gasteiger partial charge in [0, 0.05) is 53.5 Å².